The number of epoxide rings is 1. The summed E-state index contributed by atoms with van der Waals surface area (Å²) in [7, 11) is 0. The third-order valence-corrected chi connectivity index (χ3v) is 4.18. The molecule has 0 aliphatic carbocycles. The van der Waals surface area contributed by atoms with Crippen molar-refractivity contribution in [2.75, 3.05) is 6.61 Å². The van der Waals surface area contributed by atoms with Gasteiger partial charge in [0.15, 0.2) is 0 Å². The maximum Gasteiger partial charge on any atom is 0.0914 e. The molecule has 0 radical (unpaired) electrons. The van der Waals surface area contributed by atoms with Crippen molar-refractivity contribution in [1.29, 1.82) is 0 Å². The molecule has 1 saturated heterocycles. The first-order valence-electron chi connectivity index (χ1n) is 7.97. The molecule has 0 N–H and O–H groups in total. The lowest BCUT2D eigenvalue weighted by Crippen LogP contribution is -2.08. The first-order valence-corrected chi connectivity index (χ1v) is 7.97. The lowest BCUT2D eigenvalue weighted by Gasteiger charge is -2.08. The fourth-order valence-electron chi connectivity index (χ4n) is 2.56. The average molecular weight is 240 g/mol. The lowest BCUT2D eigenvalue weighted by atomic mass is 9.98. The average Bonchev–Trinajstić information content (AvgIpc) is 3.12. The van der Waals surface area contributed by atoms with E-state index in [-0.39, 0.29) is 0 Å². The summed E-state index contributed by atoms with van der Waals surface area (Å²) in [6.07, 6.45) is 16.8. The largest absolute Gasteiger partial charge is 0.370 e. The van der Waals surface area contributed by atoms with Crippen LogP contribution in [0.2, 0.25) is 0 Å². The zero-order chi connectivity index (χ0) is 12.4. The first kappa shape index (κ1) is 15.0. The Morgan fingerprint density at radius 1 is 0.765 bits per heavy atom. The molecule has 0 bridgehead atoms. The summed E-state index contributed by atoms with van der Waals surface area (Å²) >= 11 is 0. The Morgan fingerprint density at radius 3 is 1.65 bits per heavy atom. The minimum Gasteiger partial charge on any atom is -0.370 e. The second-order valence-corrected chi connectivity index (χ2v) is 5.76. The Labute approximate surface area is 108 Å². The maximum atomic E-state index is 5.53. The summed E-state index contributed by atoms with van der Waals surface area (Å²) in [6.45, 7) is 5.57. The number of unbranched alkanes of at least 4 members (excludes halogenated alkanes) is 9. The maximum absolute atomic E-state index is 5.53. The molecule has 0 spiro atoms. The van der Waals surface area contributed by atoms with Crippen LogP contribution >= 0.6 is 0 Å². The molecule has 1 unspecified atom stereocenters. The van der Waals surface area contributed by atoms with E-state index in [1.165, 1.54) is 77.0 Å². The molecule has 1 heterocycles. The van der Waals surface area contributed by atoms with Gasteiger partial charge in [-0.3, -0.25) is 0 Å². The monoisotopic (exact) mass is 240 g/mol. The zero-order valence-electron chi connectivity index (χ0n) is 12.1. The molecule has 0 saturated carbocycles. The molecule has 1 atom stereocenters. The van der Waals surface area contributed by atoms with Gasteiger partial charge in [-0.1, -0.05) is 78.1 Å². The summed E-state index contributed by atoms with van der Waals surface area (Å²) in [6, 6.07) is 0. The molecule has 1 fully saturated rings. The van der Waals surface area contributed by atoms with Gasteiger partial charge in [0, 0.05) is 0 Å². The van der Waals surface area contributed by atoms with Gasteiger partial charge in [-0.25, -0.2) is 0 Å². The summed E-state index contributed by atoms with van der Waals surface area (Å²) in [5.41, 5.74) is 0.333. The second-order valence-electron chi connectivity index (χ2n) is 5.76. The van der Waals surface area contributed by atoms with Crippen molar-refractivity contribution in [2.24, 2.45) is 0 Å². The lowest BCUT2D eigenvalue weighted by molar-refractivity contribution is 0.274. The van der Waals surface area contributed by atoms with Crippen LogP contribution in [0.5, 0.6) is 0 Å². The standard InChI is InChI=1S/C16H32O/c1-3-5-6-7-8-9-10-11-12-13-14-16(4-2)15-17-16/h3-15H2,1-2H3. The first-order chi connectivity index (χ1) is 8.33. The fraction of sp³-hybridized carbons (Fsp3) is 1.00. The molecule has 0 aromatic rings. The minimum atomic E-state index is 0.333. The van der Waals surface area contributed by atoms with E-state index < -0.39 is 0 Å². The Balaban J connectivity index is 1.73. The van der Waals surface area contributed by atoms with Gasteiger partial charge in [0.1, 0.15) is 0 Å². The van der Waals surface area contributed by atoms with Crippen LogP contribution in [0.3, 0.4) is 0 Å². The topological polar surface area (TPSA) is 12.5 Å². The van der Waals surface area contributed by atoms with E-state index in [0.717, 1.165) is 6.61 Å². The molecule has 17 heavy (non-hydrogen) atoms. The van der Waals surface area contributed by atoms with Crippen molar-refractivity contribution >= 4 is 0 Å². The summed E-state index contributed by atoms with van der Waals surface area (Å²) in [5, 5.41) is 0. The molecule has 1 aliphatic rings. The number of hydrogen-bond acceptors (Lipinski definition) is 1. The van der Waals surface area contributed by atoms with Crippen LogP contribution in [-0.4, -0.2) is 12.2 Å². The molecule has 1 rings (SSSR count). The van der Waals surface area contributed by atoms with Crippen molar-refractivity contribution in [3.63, 3.8) is 0 Å². The third kappa shape index (κ3) is 7.08. The fourth-order valence-corrected chi connectivity index (χ4v) is 2.56. The Hall–Kier alpha value is -0.0400. The summed E-state index contributed by atoms with van der Waals surface area (Å²) in [5.74, 6) is 0. The number of ether oxygens (including phenoxy) is 1. The van der Waals surface area contributed by atoms with Crippen molar-refractivity contribution in [2.45, 2.75) is 96.5 Å². The van der Waals surface area contributed by atoms with Crippen molar-refractivity contribution in [1.82, 2.24) is 0 Å². The normalized spacial score (nSPS) is 22.9. The molecule has 0 aromatic heterocycles. The Bertz CT molecular complexity index is 172. The molecule has 0 amide bonds. The van der Waals surface area contributed by atoms with Crippen LogP contribution in [-0.2, 0) is 4.74 Å². The number of hydrogen-bond donors (Lipinski definition) is 0. The van der Waals surface area contributed by atoms with Gasteiger partial charge < -0.3 is 4.74 Å². The van der Waals surface area contributed by atoms with Gasteiger partial charge >= 0.3 is 0 Å². The predicted octanol–water partition coefficient (Wildman–Crippen LogP) is 5.48. The van der Waals surface area contributed by atoms with Gasteiger partial charge in [-0.2, -0.15) is 0 Å². The van der Waals surface area contributed by atoms with Crippen LogP contribution in [0.25, 0.3) is 0 Å². The van der Waals surface area contributed by atoms with E-state index in [4.69, 9.17) is 4.74 Å². The van der Waals surface area contributed by atoms with Gasteiger partial charge in [-0.05, 0) is 12.8 Å². The Morgan fingerprint density at radius 2 is 1.24 bits per heavy atom. The zero-order valence-corrected chi connectivity index (χ0v) is 12.1. The van der Waals surface area contributed by atoms with Crippen LogP contribution < -0.4 is 0 Å². The van der Waals surface area contributed by atoms with Crippen LogP contribution in [0.4, 0.5) is 0 Å². The Kier molecular flexibility index (Phi) is 7.92. The molecular weight excluding hydrogens is 208 g/mol. The van der Waals surface area contributed by atoms with Gasteiger partial charge in [0.2, 0.25) is 0 Å². The number of rotatable bonds is 12. The van der Waals surface area contributed by atoms with Crippen molar-refractivity contribution < 1.29 is 4.74 Å². The molecule has 1 heteroatoms. The van der Waals surface area contributed by atoms with Crippen molar-refractivity contribution in [3.8, 4) is 0 Å². The predicted molar refractivity (Wildman–Crippen MR) is 75.4 cm³/mol. The van der Waals surface area contributed by atoms with E-state index in [1.807, 2.05) is 0 Å². The van der Waals surface area contributed by atoms with Crippen molar-refractivity contribution in [3.05, 3.63) is 0 Å². The van der Waals surface area contributed by atoms with E-state index in [0.29, 0.717) is 5.60 Å². The summed E-state index contributed by atoms with van der Waals surface area (Å²) < 4.78 is 5.53. The van der Waals surface area contributed by atoms with E-state index in [9.17, 15) is 0 Å². The smallest absolute Gasteiger partial charge is 0.0914 e. The second kappa shape index (κ2) is 8.97. The van der Waals surface area contributed by atoms with Crippen LogP contribution in [0.1, 0.15) is 90.9 Å². The van der Waals surface area contributed by atoms with E-state index in [2.05, 4.69) is 13.8 Å². The molecule has 102 valence electrons. The van der Waals surface area contributed by atoms with E-state index >= 15 is 0 Å². The minimum absolute atomic E-state index is 0.333. The third-order valence-electron chi connectivity index (χ3n) is 4.18. The van der Waals surface area contributed by atoms with Gasteiger partial charge in [-0.15, -0.1) is 0 Å². The molecule has 0 aromatic carbocycles. The highest BCUT2D eigenvalue weighted by molar-refractivity contribution is 4.90. The van der Waals surface area contributed by atoms with E-state index in [1.54, 1.807) is 0 Å². The summed E-state index contributed by atoms with van der Waals surface area (Å²) in [4.78, 5) is 0. The van der Waals surface area contributed by atoms with Gasteiger partial charge in [0.05, 0.1) is 12.2 Å². The highest BCUT2D eigenvalue weighted by atomic mass is 16.6. The molecule has 1 nitrogen and oxygen atoms in total. The molecule has 1 aliphatic heterocycles. The SMILES string of the molecule is CCCCCCCCCCCCC1(CC)CO1. The van der Waals surface area contributed by atoms with Crippen LogP contribution in [0, 0.1) is 0 Å². The highest BCUT2D eigenvalue weighted by Gasteiger charge is 2.41. The van der Waals surface area contributed by atoms with Crippen LogP contribution in [0.15, 0.2) is 0 Å². The van der Waals surface area contributed by atoms with Gasteiger partial charge in [0.25, 0.3) is 0 Å². The quantitative estimate of drug-likeness (QED) is 0.325. The highest BCUT2D eigenvalue weighted by Crippen LogP contribution is 2.36. The molecular formula is C16H32O.